The van der Waals surface area contributed by atoms with E-state index in [2.05, 4.69) is 33.0 Å². The fourth-order valence-electron chi connectivity index (χ4n) is 4.13. The Morgan fingerprint density at radius 1 is 1.21 bits per heavy atom. The minimum atomic E-state index is 0.235. The largest absolute Gasteiger partial charge is 0.381 e. The summed E-state index contributed by atoms with van der Waals surface area (Å²) in [5, 5.41) is 3.77. The van der Waals surface area contributed by atoms with Crippen molar-refractivity contribution in [2.75, 3.05) is 19.8 Å². The second-order valence-electron chi connectivity index (χ2n) is 7.91. The lowest BCUT2D eigenvalue weighted by Crippen LogP contribution is -2.46. The summed E-state index contributed by atoms with van der Waals surface area (Å²) in [6.07, 6.45) is 8.27. The van der Waals surface area contributed by atoms with E-state index in [9.17, 15) is 0 Å². The molecule has 0 spiro atoms. The molecule has 2 fully saturated rings. The van der Waals surface area contributed by atoms with E-state index < -0.39 is 0 Å². The smallest absolute Gasteiger partial charge is 0.0471 e. The summed E-state index contributed by atoms with van der Waals surface area (Å²) < 4.78 is 5.78. The van der Waals surface area contributed by atoms with Gasteiger partial charge in [-0.2, -0.15) is 0 Å². The van der Waals surface area contributed by atoms with E-state index in [1.807, 2.05) is 0 Å². The van der Waals surface area contributed by atoms with Crippen LogP contribution in [-0.4, -0.2) is 25.3 Å². The molecule has 2 aliphatic carbocycles. The highest BCUT2D eigenvalue weighted by atomic mass is 16.5. The van der Waals surface area contributed by atoms with Gasteiger partial charge in [0.1, 0.15) is 0 Å². The molecule has 2 nitrogen and oxygen atoms in total. The van der Waals surface area contributed by atoms with Gasteiger partial charge in [-0.3, -0.25) is 0 Å². The lowest BCUT2D eigenvalue weighted by atomic mass is 9.70. The summed E-state index contributed by atoms with van der Waals surface area (Å²) in [6, 6.07) is 0. The normalized spacial score (nSPS) is 34.1. The predicted octanol–water partition coefficient (Wildman–Crippen LogP) is 4.00. The van der Waals surface area contributed by atoms with Crippen molar-refractivity contribution in [3.05, 3.63) is 0 Å². The van der Waals surface area contributed by atoms with E-state index >= 15 is 0 Å². The number of hydrogen-bond donors (Lipinski definition) is 1. The fourth-order valence-corrected chi connectivity index (χ4v) is 4.13. The Morgan fingerprint density at radius 2 is 2.00 bits per heavy atom. The Bertz CT molecular complexity index is 283. The molecule has 0 saturated heterocycles. The molecule has 2 heteroatoms. The molecule has 0 radical (unpaired) electrons. The Morgan fingerprint density at radius 3 is 2.53 bits per heavy atom. The fraction of sp³-hybridized carbons (Fsp3) is 1.00. The molecule has 112 valence electrons. The molecule has 2 rings (SSSR count). The molecule has 0 amide bonds. The summed E-state index contributed by atoms with van der Waals surface area (Å²) in [5.41, 5.74) is 0.767. The topological polar surface area (TPSA) is 21.3 Å². The quantitative estimate of drug-likeness (QED) is 0.704. The zero-order chi connectivity index (χ0) is 13.9. The number of nitrogens with one attached hydrogen (secondary N) is 1. The molecule has 0 aliphatic heterocycles. The van der Waals surface area contributed by atoms with E-state index in [1.165, 1.54) is 38.6 Å². The van der Waals surface area contributed by atoms with Crippen molar-refractivity contribution in [1.29, 1.82) is 0 Å². The molecule has 0 heterocycles. The Balaban J connectivity index is 1.90. The van der Waals surface area contributed by atoms with E-state index in [1.54, 1.807) is 0 Å². The first-order valence-electron chi connectivity index (χ1n) is 8.28. The maximum Gasteiger partial charge on any atom is 0.0471 e. The molecule has 2 aliphatic rings. The number of fused-ring (bicyclic) bond motifs is 2. The number of rotatable bonds is 7. The van der Waals surface area contributed by atoms with Crippen LogP contribution in [0.5, 0.6) is 0 Å². The van der Waals surface area contributed by atoms with Gasteiger partial charge in [0.05, 0.1) is 0 Å². The first-order chi connectivity index (χ1) is 8.95. The van der Waals surface area contributed by atoms with Crippen LogP contribution in [0.4, 0.5) is 0 Å². The molecule has 1 N–H and O–H groups in total. The Kier molecular flexibility index (Phi) is 4.94. The average Bonchev–Trinajstić information content (AvgIpc) is 2.92. The molecular weight excluding hydrogens is 234 g/mol. The van der Waals surface area contributed by atoms with Gasteiger partial charge in [0.15, 0.2) is 0 Å². The third-order valence-corrected chi connectivity index (χ3v) is 5.17. The lowest BCUT2D eigenvalue weighted by molar-refractivity contribution is 0.0589. The van der Waals surface area contributed by atoms with Crippen LogP contribution in [0.2, 0.25) is 0 Å². The van der Waals surface area contributed by atoms with Crippen LogP contribution in [-0.2, 0) is 4.74 Å². The van der Waals surface area contributed by atoms with Gasteiger partial charge in [-0.15, -0.1) is 0 Å². The molecule has 2 bridgehead atoms. The molecule has 3 unspecified atom stereocenters. The van der Waals surface area contributed by atoms with Crippen molar-refractivity contribution in [3.63, 3.8) is 0 Å². The summed E-state index contributed by atoms with van der Waals surface area (Å²) in [7, 11) is 0. The molecule has 3 atom stereocenters. The van der Waals surface area contributed by atoms with Gasteiger partial charge in [0, 0.05) is 25.3 Å². The monoisotopic (exact) mass is 267 g/mol. The van der Waals surface area contributed by atoms with Crippen LogP contribution in [0.25, 0.3) is 0 Å². The third kappa shape index (κ3) is 3.95. The highest BCUT2D eigenvalue weighted by Gasteiger charge is 2.50. The van der Waals surface area contributed by atoms with Crippen molar-refractivity contribution >= 4 is 0 Å². The van der Waals surface area contributed by atoms with Crippen molar-refractivity contribution in [1.82, 2.24) is 5.32 Å². The molecule has 2 saturated carbocycles. The summed E-state index contributed by atoms with van der Waals surface area (Å²) >= 11 is 0. The Hall–Kier alpha value is -0.0800. The van der Waals surface area contributed by atoms with Gasteiger partial charge in [-0.25, -0.2) is 0 Å². The first-order valence-corrected chi connectivity index (χ1v) is 8.28. The lowest BCUT2D eigenvalue weighted by Gasteiger charge is -2.40. The zero-order valence-corrected chi connectivity index (χ0v) is 13.4. The molecular formula is C17H33NO. The average molecular weight is 267 g/mol. The standard InChI is InChI=1S/C17H33NO/c1-5-9-19-10-8-17(13-18-16(2,3)4)12-14-6-7-15(17)11-14/h14-15,18H,5-13H2,1-4H3. The second kappa shape index (κ2) is 6.13. The molecule has 0 aromatic carbocycles. The van der Waals surface area contributed by atoms with Crippen LogP contribution in [0.15, 0.2) is 0 Å². The van der Waals surface area contributed by atoms with Gasteiger partial charge < -0.3 is 10.1 Å². The van der Waals surface area contributed by atoms with Crippen molar-refractivity contribution < 1.29 is 4.74 Å². The third-order valence-electron chi connectivity index (χ3n) is 5.17. The SMILES string of the molecule is CCCOCCC1(CNC(C)(C)C)CC2CCC1C2. The van der Waals surface area contributed by atoms with Crippen molar-refractivity contribution in [2.45, 2.75) is 71.8 Å². The maximum atomic E-state index is 5.78. The van der Waals surface area contributed by atoms with Gasteiger partial charge in [-0.05, 0) is 70.1 Å². The molecule has 19 heavy (non-hydrogen) atoms. The predicted molar refractivity (Wildman–Crippen MR) is 81.4 cm³/mol. The van der Waals surface area contributed by atoms with Crippen LogP contribution in [0, 0.1) is 17.3 Å². The summed E-state index contributed by atoms with van der Waals surface area (Å²) in [4.78, 5) is 0. The van der Waals surface area contributed by atoms with E-state index in [4.69, 9.17) is 4.74 Å². The zero-order valence-electron chi connectivity index (χ0n) is 13.4. The highest BCUT2D eigenvalue weighted by Crippen LogP contribution is 2.57. The maximum absolute atomic E-state index is 5.78. The van der Waals surface area contributed by atoms with Crippen LogP contribution < -0.4 is 5.32 Å². The van der Waals surface area contributed by atoms with E-state index in [0.29, 0.717) is 5.41 Å². The molecule has 0 aromatic heterocycles. The van der Waals surface area contributed by atoms with Crippen molar-refractivity contribution in [3.8, 4) is 0 Å². The van der Waals surface area contributed by atoms with Crippen LogP contribution >= 0.6 is 0 Å². The van der Waals surface area contributed by atoms with E-state index in [0.717, 1.165) is 31.5 Å². The van der Waals surface area contributed by atoms with E-state index in [-0.39, 0.29) is 5.54 Å². The highest BCUT2D eigenvalue weighted by molar-refractivity contribution is 5.02. The van der Waals surface area contributed by atoms with Gasteiger partial charge in [-0.1, -0.05) is 13.3 Å². The number of ether oxygens (including phenoxy) is 1. The summed E-state index contributed by atoms with van der Waals surface area (Å²) in [6.45, 7) is 12.1. The first kappa shape index (κ1) is 15.3. The second-order valence-corrected chi connectivity index (χ2v) is 7.91. The number of hydrogen-bond acceptors (Lipinski definition) is 2. The van der Waals surface area contributed by atoms with Gasteiger partial charge in [0.2, 0.25) is 0 Å². The van der Waals surface area contributed by atoms with Gasteiger partial charge >= 0.3 is 0 Å². The van der Waals surface area contributed by atoms with Gasteiger partial charge in [0.25, 0.3) is 0 Å². The Labute approximate surface area is 119 Å². The minimum Gasteiger partial charge on any atom is -0.381 e. The van der Waals surface area contributed by atoms with Crippen molar-refractivity contribution in [2.24, 2.45) is 17.3 Å². The molecule has 0 aromatic rings. The minimum absolute atomic E-state index is 0.235. The van der Waals surface area contributed by atoms with Crippen LogP contribution in [0.3, 0.4) is 0 Å². The summed E-state index contributed by atoms with van der Waals surface area (Å²) in [5.74, 6) is 1.97. The van der Waals surface area contributed by atoms with Crippen LogP contribution in [0.1, 0.15) is 66.2 Å².